The van der Waals surface area contributed by atoms with Crippen molar-refractivity contribution in [2.75, 3.05) is 0 Å². The zero-order chi connectivity index (χ0) is 16.0. The van der Waals surface area contributed by atoms with Gasteiger partial charge in [0.2, 0.25) is 0 Å². The van der Waals surface area contributed by atoms with Crippen molar-refractivity contribution in [3.05, 3.63) is 57.9 Å². The third-order valence-corrected chi connectivity index (χ3v) is 2.70. The lowest BCUT2D eigenvalue weighted by Gasteiger charge is -2.12. The summed E-state index contributed by atoms with van der Waals surface area (Å²) in [6.45, 7) is 2.59. The highest BCUT2D eigenvalue weighted by Crippen LogP contribution is 2.35. The summed E-state index contributed by atoms with van der Waals surface area (Å²) in [6.07, 6.45) is 4.06. The molecule has 0 unspecified atom stereocenters. The molecule has 0 amide bonds. The normalized spacial score (nSPS) is 13.4. The van der Waals surface area contributed by atoms with Crippen molar-refractivity contribution in [1.82, 2.24) is 0 Å². The van der Waals surface area contributed by atoms with E-state index in [2.05, 4.69) is 5.18 Å². The monoisotopic (exact) mass is 291 g/mol. The molecular formula is C15H17NO5. The molecule has 0 fully saturated rings. The largest absolute Gasteiger partial charge is 0.513 e. The van der Waals surface area contributed by atoms with Crippen LogP contribution in [0.1, 0.15) is 25.0 Å². The molecule has 112 valence electrons. The summed E-state index contributed by atoms with van der Waals surface area (Å²) < 4.78 is 0. The first kappa shape index (κ1) is 16.5. The number of phenolic OH excluding ortho intramolecular Hbond substituents is 1. The van der Waals surface area contributed by atoms with Crippen LogP contribution in [0.3, 0.4) is 0 Å². The average molecular weight is 291 g/mol. The van der Waals surface area contributed by atoms with E-state index in [0.717, 1.165) is 6.07 Å². The number of benzene rings is 1. The first-order chi connectivity index (χ1) is 9.92. The summed E-state index contributed by atoms with van der Waals surface area (Å²) >= 11 is 0. The summed E-state index contributed by atoms with van der Waals surface area (Å²) in [4.78, 5) is 11.0. The number of aliphatic hydroxyl groups is 3. The lowest BCUT2D eigenvalue weighted by molar-refractivity contribution is 0.281. The molecule has 1 rings (SSSR count). The van der Waals surface area contributed by atoms with Crippen LogP contribution in [0.15, 0.2) is 47.1 Å². The number of nitroso groups, excluding NO2 is 1. The van der Waals surface area contributed by atoms with E-state index in [4.69, 9.17) is 0 Å². The molecule has 0 aliphatic rings. The van der Waals surface area contributed by atoms with Crippen LogP contribution in [-0.2, 0) is 6.61 Å². The second-order valence-corrected chi connectivity index (χ2v) is 4.35. The van der Waals surface area contributed by atoms with Crippen molar-refractivity contribution in [2.24, 2.45) is 5.18 Å². The van der Waals surface area contributed by atoms with Gasteiger partial charge in [-0.1, -0.05) is 0 Å². The second kappa shape index (κ2) is 7.25. The Morgan fingerprint density at radius 2 is 1.95 bits per heavy atom. The van der Waals surface area contributed by atoms with E-state index in [1.54, 1.807) is 6.92 Å². The molecule has 4 N–H and O–H groups in total. The van der Waals surface area contributed by atoms with Crippen LogP contribution in [0, 0.1) is 4.91 Å². The van der Waals surface area contributed by atoms with Gasteiger partial charge in [-0.3, -0.25) is 0 Å². The summed E-state index contributed by atoms with van der Waals surface area (Å²) in [5.74, 6) is -0.355. The summed E-state index contributed by atoms with van der Waals surface area (Å²) in [5, 5.41) is 40.8. The predicted molar refractivity (Wildman–Crippen MR) is 80.2 cm³/mol. The molecule has 0 atom stereocenters. The van der Waals surface area contributed by atoms with Crippen LogP contribution >= 0.6 is 0 Å². The van der Waals surface area contributed by atoms with Gasteiger partial charge in [0, 0.05) is 11.6 Å². The van der Waals surface area contributed by atoms with Crippen LogP contribution < -0.4 is 0 Å². The van der Waals surface area contributed by atoms with E-state index in [1.807, 2.05) is 0 Å². The predicted octanol–water partition coefficient (Wildman–Crippen LogP) is 3.59. The lowest BCUT2D eigenvalue weighted by atomic mass is 9.96. The van der Waals surface area contributed by atoms with E-state index in [1.165, 1.54) is 31.2 Å². The number of hydrogen-bond donors (Lipinski definition) is 4. The minimum atomic E-state index is -0.446. The number of nitrogens with zero attached hydrogens (tertiary/aromatic N) is 1. The van der Waals surface area contributed by atoms with Gasteiger partial charge in [0.05, 0.1) is 12.4 Å². The first-order valence-electron chi connectivity index (χ1n) is 6.17. The Morgan fingerprint density at radius 3 is 2.43 bits per heavy atom. The van der Waals surface area contributed by atoms with Crippen molar-refractivity contribution in [1.29, 1.82) is 0 Å². The Labute approximate surface area is 122 Å². The third-order valence-electron chi connectivity index (χ3n) is 2.70. The minimum absolute atomic E-state index is 0.0565. The number of phenols is 1. The summed E-state index contributed by atoms with van der Waals surface area (Å²) in [7, 11) is 0. The Kier molecular flexibility index (Phi) is 5.68. The van der Waals surface area contributed by atoms with Gasteiger partial charge in [0.25, 0.3) is 0 Å². The van der Waals surface area contributed by atoms with Gasteiger partial charge >= 0.3 is 0 Å². The van der Waals surface area contributed by atoms with Crippen LogP contribution in [0.4, 0.5) is 5.69 Å². The average Bonchev–Trinajstić information content (AvgIpc) is 2.44. The summed E-state index contributed by atoms with van der Waals surface area (Å²) in [6, 6.07) is 2.42. The molecule has 6 heteroatoms. The molecular weight excluding hydrogens is 274 g/mol. The summed E-state index contributed by atoms with van der Waals surface area (Å²) in [5.41, 5.74) is 0.653. The maximum absolute atomic E-state index is 11.0. The lowest BCUT2D eigenvalue weighted by Crippen LogP contribution is -1.95. The van der Waals surface area contributed by atoms with Crippen LogP contribution in [0.25, 0.3) is 5.57 Å². The smallest absolute Gasteiger partial charge is 0.119 e. The van der Waals surface area contributed by atoms with Gasteiger partial charge in [-0.25, -0.2) is 0 Å². The minimum Gasteiger partial charge on any atom is -0.513 e. The number of aromatic hydroxyl groups is 1. The van der Waals surface area contributed by atoms with Crippen molar-refractivity contribution < 1.29 is 20.4 Å². The standard InChI is InChI=1S/C15H17NO5/c1-3-12(19)5-10(4-9(2)18)15-11(8-17)6-13(20)7-14(15)16-21/h3-7,17-20H,8H2,1-2H3/b9-4+,10-5+,12-3+. The van der Waals surface area contributed by atoms with E-state index >= 15 is 0 Å². The van der Waals surface area contributed by atoms with Crippen molar-refractivity contribution in [3.63, 3.8) is 0 Å². The zero-order valence-corrected chi connectivity index (χ0v) is 11.7. The Bertz CT molecular complexity index is 625. The van der Waals surface area contributed by atoms with Crippen molar-refractivity contribution >= 4 is 11.3 Å². The van der Waals surface area contributed by atoms with Gasteiger partial charge < -0.3 is 20.4 Å². The molecule has 1 aromatic rings. The molecule has 0 spiro atoms. The van der Waals surface area contributed by atoms with Crippen LogP contribution in [0.2, 0.25) is 0 Å². The van der Waals surface area contributed by atoms with Gasteiger partial charge in [0.15, 0.2) is 0 Å². The number of rotatable bonds is 5. The van der Waals surface area contributed by atoms with Crippen molar-refractivity contribution in [2.45, 2.75) is 20.5 Å². The fraction of sp³-hybridized carbons (Fsp3) is 0.200. The van der Waals surface area contributed by atoms with Gasteiger partial charge in [-0.2, -0.15) is 0 Å². The topological polar surface area (TPSA) is 110 Å². The van der Waals surface area contributed by atoms with Gasteiger partial charge in [-0.05, 0) is 54.5 Å². The van der Waals surface area contributed by atoms with E-state index in [-0.39, 0.29) is 39.7 Å². The van der Waals surface area contributed by atoms with Gasteiger partial charge in [-0.15, -0.1) is 4.91 Å². The zero-order valence-electron chi connectivity index (χ0n) is 11.7. The maximum atomic E-state index is 11.0. The maximum Gasteiger partial charge on any atom is 0.119 e. The van der Waals surface area contributed by atoms with Crippen LogP contribution in [0.5, 0.6) is 5.75 Å². The van der Waals surface area contributed by atoms with E-state index < -0.39 is 6.61 Å². The van der Waals surface area contributed by atoms with Crippen molar-refractivity contribution in [3.8, 4) is 5.75 Å². The molecule has 0 bridgehead atoms. The Hall–Kier alpha value is -2.60. The quantitative estimate of drug-likeness (QED) is 0.376. The third kappa shape index (κ3) is 4.19. The molecule has 6 nitrogen and oxygen atoms in total. The van der Waals surface area contributed by atoms with E-state index in [0.29, 0.717) is 0 Å². The Balaban J connectivity index is 3.69. The highest BCUT2D eigenvalue weighted by Gasteiger charge is 2.15. The molecule has 0 saturated carbocycles. The molecule has 0 aliphatic heterocycles. The van der Waals surface area contributed by atoms with E-state index in [9.17, 15) is 25.3 Å². The molecule has 0 heterocycles. The highest BCUT2D eigenvalue weighted by molar-refractivity contribution is 5.85. The number of aliphatic hydroxyl groups excluding tert-OH is 3. The fourth-order valence-electron chi connectivity index (χ4n) is 1.85. The highest BCUT2D eigenvalue weighted by atomic mass is 16.3. The molecule has 0 aromatic heterocycles. The molecule has 21 heavy (non-hydrogen) atoms. The number of hydrogen-bond acceptors (Lipinski definition) is 6. The second-order valence-electron chi connectivity index (χ2n) is 4.35. The van der Waals surface area contributed by atoms with Crippen LogP contribution in [-0.4, -0.2) is 20.4 Å². The molecule has 1 aromatic carbocycles. The fourth-order valence-corrected chi connectivity index (χ4v) is 1.85. The molecule has 0 aliphatic carbocycles. The SMILES string of the molecule is C\C=C(O)/C=C(\C=C(/C)O)c1c(CO)cc(O)cc1N=O. The molecule has 0 radical (unpaired) electrons. The Morgan fingerprint density at radius 1 is 1.29 bits per heavy atom. The first-order valence-corrected chi connectivity index (χ1v) is 6.17. The number of allylic oxidation sites excluding steroid dienone is 5. The van der Waals surface area contributed by atoms with Gasteiger partial charge in [0.1, 0.15) is 17.2 Å². The molecule has 0 saturated heterocycles.